The van der Waals surface area contributed by atoms with Gasteiger partial charge < -0.3 is 15.5 Å². The Labute approximate surface area is 112 Å². The summed E-state index contributed by atoms with van der Waals surface area (Å²) in [4.78, 5) is 0. The molecule has 5 heteroatoms. The highest BCUT2D eigenvalue weighted by Gasteiger charge is 2.22. The lowest BCUT2D eigenvalue weighted by atomic mass is 10.1. The molecule has 1 aliphatic rings. The van der Waals surface area contributed by atoms with E-state index < -0.39 is 0 Å². The third-order valence-corrected chi connectivity index (χ3v) is 4.75. The molecule has 0 bridgehead atoms. The molecule has 2 rings (SSSR count). The van der Waals surface area contributed by atoms with Crippen molar-refractivity contribution in [3.63, 3.8) is 0 Å². The van der Waals surface area contributed by atoms with Crippen LogP contribution in [0.5, 0.6) is 0 Å². The highest BCUT2D eigenvalue weighted by molar-refractivity contribution is 9.13. The van der Waals surface area contributed by atoms with E-state index in [1.807, 2.05) is 6.07 Å². The lowest BCUT2D eigenvalue weighted by Crippen LogP contribution is -2.34. The summed E-state index contributed by atoms with van der Waals surface area (Å²) in [5.41, 5.74) is 5.79. The standard InChI is InChI=1S/C11H16Br2N2O/c12-8-5-10(16-11(8)13)9(6-14)15-7-3-1-2-4-7/h5,7,9,15H,1-4,6,14H2. The molecule has 3 nitrogen and oxygen atoms in total. The number of nitrogens with two attached hydrogens (primary N) is 1. The van der Waals surface area contributed by atoms with Crippen molar-refractivity contribution in [2.75, 3.05) is 6.54 Å². The lowest BCUT2D eigenvalue weighted by molar-refractivity contribution is 0.370. The Morgan fingerprint density at radius 2 is 2.12 bits per heavy atom. The summed E-state index contributed by atoms with van der Waals surface area (Å²) in [5.74, 6) is 0.896. The van der Waals surface area contributed by atoms with Crippen LogP contribution < -0.4 is 11.1 Å². The molecule has 3 N–H and O–H groups in total. The molecular formula is C11H16Br2N2O. The Kier molecular flexibility index (Phi) is 4.47. The van der Waals surface area contributed by atoms with E-state index in [1.165, 1.54) is 25.7 Å². The minimum atomic E-state index is 0.116. The van der Waals surface area contributed by atoms with E-state index in [0.717, 1.165) is 14.9 Å². The van der Waals surface area contributed by atoms with Crippen molar-refractivity contribution in [2.45, 2.75) is 37.8 Å². The van der Waals surface area contributed by atoms with Gasteiger partial charge in [0, 0.05) is 12.6 Å². The number of furan rings is 1. The van der Waals surface area contributed by atoms with Crippen LogP contribution in [0.25, 0.3) is 0 Å². The second-order valence-electron chi connectivity index (χ2n) is 4.21. The van der Waals surface area contributed by atoms with Crippen LogP contribution in [0.3, 0.4) is 0 Å². The van der Waals surface area contributed by atoms with Gasteiger partial charge in [-0.25, -0.2) is 0 Å². The molecule has 1 unspecified atom stereocenters. The van der Waals surface area contributed by atoms with Crippen molar-refractivity contribution in [3.05, 3.63) is 21.0 Å². The second-order valence-corrected chi connectivity index (χ2v) is 5.78. The van der Waals surface area contributed by atoms with Gasteiger partial charge in [0.1, 0.15) is 5.76 Å². The third kappa shape index (κ3) is 2.88. The van der Waals surface area contributed by atoms with Crippen LogP contribution in [0.2, 0.25) is 0 Å². The van der Waals surface area contributed by atoms with Gasteiger partial charge in [-0.05, 0) is 50.8 Å². The fourth-order valence-corrected chi connectivity index (χ4v) is 2.79. The average molecular weight is 352 g/mol. The Hall–Kier alpha value is 0.160. The molecule has 0 saturated heterocycles. The van der Waals surface area contributed by atoms with Gasteiger partial charge in [-0.3, -0.25) is 0 Å². The summed E-state index contributed by atoms with van der Waals surface area (Å²) >= 11 is 6.76. The van der Waals surface area contributed by atoms with E-state index in [2.05, 4.69) is 37.2 Å². The molecule has 1 fully saturated rings. The van der Waals surface area contributed by atoms with Gasteiger partial charge in [0.25, 0.3) is 0 Å². The monoisotopic (exact) mass is 350 g/mol. The average Bonchev–Trinajstić information content (AvgIpc) is 2.86. The van der Waals surface area contributed by atoms with E-state index in [1.54, 1.807) is 0 Å². The van der Waals surface area contributed by atoms with E-state index in [-0.39, 0.29) is 6.04 Å². The number of nitrogens with one attached hydrogen (secondary N) is 1. The van der Waals surface area contributed by atoms with Crippen molar-refractivity contribution < 1.29 is 4.42 Å². The Morgan fingerprint density at radius 1 is 1.44 bits per heavy atom. The number of hydrogen-bond donors (Lipinski definition) is 2. The van der Waals surface area contributed by atoms with Crippen LogP contribution in [-0.4, -0.2) is 12.6 Å². The fourth-order valence-electron chi connectivity index (χ4n) is 2.18. The van der Waals surface area contributed by atoms with Crippen LogP contribution in [0.1, 0.15) is 37.5 Å². The maximum atomic E-state index is 5.79. The van der Waals surface area contributed by atoms with Gasteiger partial charge in [-0.2, -0.15) is 0 Å². The number of rotatable bonds is 4. The molecule has 0 aromatic carbocycles. The molecule has 1 aromatic rings. The predicted octanol–water partition coefficient (Wildman–Crippen LogP) is 3.34. The van der Waals surface area contributed by atoms with Crippen LogP contribution in [0.15, 0.2) is 19.6 Å². The number of halogens is 2. The third-order valence-electron chi connectivity index (χ3n) is 3.04. The van der Waals surface area contributed by atoms with E-state index in [0.29, 0.717) is 12.6 Å². The summed E-state index contributed by atoms with van der Waals surface area (Å²) in [7, 11) is 0. The summed E-state index contributed by atoms with van der Waals surface area (Å²) in [5, 5.41) is 3.56. The molecular weight excluding hydrogens is 336 g/mol. The first-order valence-electron chi connectivity index (χ1n) is 5.61. The fraction of sp³-hybridized carbons (Fsp3) is 0.636. The van der Waals surface area contributed by atoms with Crippen LogP contribution in [0, 0.1) is 0 Å². The molecule has 0 aliphatic heterocycles. The zero-order valence-corrected chi connectivity index (χ0v) is 12.2. The molecule has 1 atom stereocenters. The smallest absolute Gasteiger partial charge is 0.183 e. The van der Waals surface area contributed by atoms with E-state index in [9.17, 15) is 0 Å². The molecule has 0 radical (unpaired) electrons. The molecule has 0 amide bonds. The predicted molar refractivity (Wildman–Crippen MR) is 71.3 cm³/mol. The highest BCUT2D eigenvalue weighted by Crippen LogP contribution is 2.30. The van der Waals surface area contributed by atoms with Crippen molar-refractivity contribution in [1.29, 1.82) is 0 Å². The summed E-state index contributed by atoms with van der Waals surface area (Å²) in [6.45, 7) is 0.558. The van der Waals surface area contributed by atoms with Crippen molar-refractivity contribution >= 4 is 31.9 Å². The van der Waals surface area contributed by atoms with Crippen LogP contribution in [0.4, 0.5) is 0 Å². The highest BCUT2D eigenvalue weighted by atomic mass is 79.9. The molecule has 16 heavy (non-hydrogen) atoms. The van der Waals surface area contributed by atoms with Gasteiger partial charge in [-0.15, -0.1) is 0 Å². The van der Waals surface area contributed by atoms with Crippen molar-refractivity contribution in [3.8, 4) is 0 Å². The first-order valence-corrected chi connectivity index (χ1v) is 7.20. The normalized spacial score (nSPS) is 19.2. The van der Waals surface area contributed by atoms with Crippen molar-refractivity contribution in [2.24, 2.45) is 5.73 Å². The first kappa shape index (κ1) is 12.6. The van der Waals surface area contributed by atoms with Gasteiger partial charge in [0.2, 0.25) is 0 Å². The molecule has 1 heterocycles. The summed E-state index contributed by atoms with van der Waals surface area (Å²) in [6, 6.07) is 2.69. The van der Waals surface area contributed by atoms with Crippen LogP contribution in [-0.2, 0) is 0 Å². The van der Waals surface area contributed by atoms with Gasteiger partial charge in [-0.1, -0.05) is 12.8 Å². The molecule has 0 spiro atoms. The second kappa shape index (κ2) is 5.67. The minimum absolute atomic E-state index is 0.116. The first-order chi connectivity index (χ1) is 7.70. The maximum Gasteiger partial charge on any atom is 0.183 e. The van der Waals surface area contributed by atoms with E-state index >= 15 is 0 Å². The van der Waals surface area contributed by atoms with Gasteiger partial charge in [0.15, 0.2) is 4.67 Å². The maximum absolute atomic E-state index is 5.79. The van der Waals surface area contributed by atoms with Gasteiger partial charge in [0.05, 0.1) is 10.5 Å². The topological polar surface area (TPSA) is 51.2 Å². The molecule has 1 aromatic heterocycles. The molecule has 1 saturated carbocycles. The van der Waals surface area contributed by atoms with Crippen LogP contribution >= 0.6 is 31.9 Å². The largest absolute Gasteiger partial charge is 0.451 e. The lowest BCUT2D eigenvalue weighted by Gasteiger charge is -2.19. The molecule has 1 aliphatic carbocycles. The van der Waals surface area contributed by atoms with Crippen molar-refractivity contribution in [1.82, 2.24) is 5.32 Å². The Morgan fingerprint density at radius 3 is 2.62 bits per heavy atom. The zero-order chi connectivity index (χ0) is 11.5. The Bertz CT molecular complexity index is 328. The minimum Gasteiger partial charge on any atom is -0.451 e. The van der Waals surface area contributed by atoms with Gasteiger partial charge >= 0.3 is 0 Å². The number of hydrogen-bond acceptors (Lipinski definition) is 3. The quantitative estimate of drug-likeness (QED) is 0.874. The zero-order valence-electron chi connectivity index (χ0n) is 9.01. The Balaban J connectivity index is 2.03. The SMILES string of the molecule is NCC(NC1CCCC1)c1cc(Br)c(Br)o1. The van der Waals surface area contributed by atoms with E-state index in [4.69, 9.17) is 10.2 Å². The summed E-state index contributed by atoms with van der Waals surface area (Å²) in [6.07, 6.45) is 5.14. The summed E-state index contributed by atoms with van der Waals surface area (Å²) < 4.78 is 7.27. The molecule has 90 valence electrons.